The Hall–Kier alpha value is -3.88. The number of carbonyl (C=O) groups is 4. The van der Waals surface area contributed by atoms with Crippen molar-refractivity contribution in [2.75, 3.05) is 33.2 Å². The third-order valence-corrected chi connectivity index (χ3v) is 4.34. The molecule has 3 rings (SSSR count). The van der Waals surface area contributed by atoms with Crippen LogP contribution in [-0.2, 0) is 9.53 Å². The van der Waals surface area contributed by atoms with Crippen LogP contribution in [0.15, 0.2) is 36.4 Å². The molecule has 0 atom stereocenters. The Bertz CT molecular complexity index is 994. The molecule has 0 bridgehead atoms. The van der Waals surface area contributed by atoms with Gasteiger partial charge in [-0.2, -0.15) is 0 Å². The number of fused-ring (bicyclic) bond motifs is 1. The van der Waals surface area contributed by atoms with Gasteiger partial charge in [0.1, 0.15) is 17.1 Å². The zero-order valence-electron chi connectivity index (χ0n) is 16.0. The maximum atomic E-state index is 12.4. The normalized spacial score (nSPS) is 12.4. The SMILES string of the molecule is COc1cccc(OC)c1C(=O)OCC(=O)Nc1ccc2c(c1)C(=O)N(C)C2=O. The number of hydrogen-bond acceptors (Lipinski definition) is 7. The molecule has 0 fully saturated rings. The molecule has 9 heteroatoms. The highest BCUT2D eigenvalue weighted by Crippen LogP contribution is 2.29. The van der Waals surface area contributed by atoms with Gasteiger partial charge in [-0.3, -0.25) is 19.3 Å². The molecule has 0 saturated carbocycles. The summed E-state index contributed by atoms with van der Waals surface area (Å²) < 4.78 is 15.3. The number of imide groups is 1. The maximum Gasteiger partial charge on any atom is 0.346 e. The number of rotatable bonds is 6. The number of nitrogens with one attached hydrogen (secondary N) is 1. The second-order valence-corrected chi connectivity index (χ2v) is 6.09. The smallest absolute Gasteiger partial charge is 0.346 e. The van der Waals surface area contributed by atoms with Gasteiger partial charge < -0.3 is 19.5 Å². The van der Waals surface area contributed by atoms with E-state index in [-0.39, 0.29) is 28.2 Å². The molecule has 9 nitrogen and oxygen atoms in total. The molecule has 2 aromatic rings. The summed E-state index contributed by atoms with van der Waals surface area (Å²) >= 11 is 0. The molecule has 0 radical (unpaired) electrons. The van der Waals surface area contributed by atoms with Gasteiger partial charge in [-0.25, -0.2) is 4.79 Å². The van der Waals surface area contributed by atoms with Crippen molar-refractivity contribution in [3.63, 3.8) is 0 Å². The molecule has 0 saturated heterocycles. The van der Waals surface area contributed by atoms with E-state index in [9.17, 15) is 19.2 Å². The maximum absolute atomic E-state index is 12.4. The summed E-state index contributed by atoms with van der Waals surface area (Å²) in [6.07, 6.45) is 0. The molecular formula is C20H18N2O7. The lowest BCUT2D eigenvalue weighted by Gasteiger charge is -2.12. The average Bonchev–Trinajstić information content (AvgIpc) is 2.95. The van der Waals surface area contributed by atoms with E-state index in [1.807, 2.05) is 0 Å². The van der Waals surface area contributed by atoms with Crippen molar-refractivity contribution in [3.8, 4) is 11.5 Å². The Kier molecular flexibility index (Phi) is 5.49. The number of anilines is 1. The van der Waals surface area contributed by atoms with E-state index in [0.717, 1.165) is 4.90 Å². The second-order valence-electron chi connectivity index (χ2n) is 6.09. The van der Waals surface area contributed by atoms with Gasteiger partial charge in [0.25, 0.3) is 17.7 Å². The van der Waals surface area contributed by atoms with Crippen LogP contribution >= 0.6 is 0 Å². The highest BCUT2D eigenvalue weighted by molar-refractivity contribution is 6.21. The zero-order chi connectivity index (χ0) is 21.1. The van der Waals surface area contributed by atoms with Crippen molar-refractivity contribution in [2.24, 2.45) is 0 Å². The van der Waals surface area contributed by atoms with E-state index in [1.54, 1.807) is 18.2 Å². The van der Waals surface area contributed by atoms with Gasteiger partial charge >= 0.3 is 5.97 Å². The third-order valence-electron chi connectivity index (χ3n) is 4.34. The number of hydrogen-bond donors (Lipinski definition) is 1. The first-order chi connectivity index (χ1) is 13.9. The highest BCUT2D eigenvalue weighted by atomic mass is 16.5. The van der Waals surface area contributed by atoms with Crippen molar-refractivity contribution >= 4 is 29.4 Å². The molecule has 1 aliphatic heterocycles. The van der Waals surface area contributed by atoms with Crippen molar-refractivity contribution < 1.29 is 33.4 Å². The second kappa shape index (κ2) is 8.01. The van der Waals surface area contributed by atoms with Crippen LogP contribution in [0.5, 0.6) is 11.5 Å². The summed E-state index contributed by atoms with van der Waals surface area (Å²) in [5.41, 5.74) is 0.836. The average molecular weight is 398 g/mol. The van der Waals surface area contributed by atoms with E-state index >= 15 is 0 Å². The summed E-state index contributed by atoms with van der Waals surface area (Å²) in [4.78, 5) is 49.5. The minimum Gasteiger partial charge on any atom is -0.496 e. The van der Waals surface area contributed by atoms with Gasteiger partial charge in [-0.05, 0) is 30.3 Å². The number of carbonyl (C=O) groups excluding carboxylic acids is 4. The predicted octanol–water partition coefficient (Wildman–Crippen LogP) is 1.73. The Morgan fingerprint density at radius 2 is 1.59 bits per heavy atom. The van der Waals surface area contributed by atoms with Gasteiger partial charge in [0.15, 0.2) is 6.61 Å². The fourth-order valence-corrected chi connectivity index (χ4v) is 2.89. The van der Waals surface area contributed by atoms with Crippen molar-refractivity contribution in [3.05, 3.63) is 53.1 Å². The lowest BCUT2D eigenvalue weighted by atomic mass is 10.1. The standard InChI is InChI=1S/C20H18N2O7/c1-22-18(24)12-8-7-11(9-13(12)19(22)25)21-16(23)10-29-20(26)17-14(27-2)5-4-6-15(17)28-3/h4-9H,10H2,1-3H3,(H,21,23). The highest BCUT2D eigenvalue weighted by Gasteiger charge is 2.32. The largest absolute Gasteiger partial charge is 0.496 e. The van der Waals surface area contributed by atoms with Crippen molar-refractivity contribution in [1.29, 1.82) is 0 Å². The molecule has 1 aliphatic rings. The van der Waals surface area contributed by atoms with Crippen molar-refractivity contribution in [1.82, 2.24) is 4.90 Å². The lowest BCUT2D eigenvalue weighted by molar-refractivity contribution is -0.119. The zero-order valence-corrected chi connectivity index (χ0v) is 16.0. The lowest BCUT2D eigenvalue weighted by Crippen LogP contribution is -2.24. The third kappa shape index (κ3) is 3.75. The molecule has 0 aliphatic carbocycles. The Morgan fingerprint density at radius 1 is 0.966 bits per heavy atom. The first kappa shape index (κ1) is 19.9. The van der Waals surface area contributed by atoms with Crippen LogP contribution in [0.4, 0.5) is 5.69 Å². The molecule has 1 N–H and O–H groups in total. The van der Waals surface area contributed by atoms with Gasteiger partial charge in [-0.1, -0.05) is 6.07 Å². The molecule has 0 spiro atoms. The molecule has 0 aromatic heterocycles. The molecular weight excluding hydrogens is 380 g/mol. The van der Waals surface area contributed by atoms with Gasteiger partial charge in [0.05, 0.1) is 25.3 Å². The van der Waals surface area contributed by atoms with E-state index in [2.05, 4.69) is 5.32 Å². The fraction of sp³-hybridized carbons (Fsp3) is 0.200. The van der Waals surface area contributed by atoms with Crippen LogP contribution in [0.25, 0.3) is 0 Å². The van der Waals surface area contributed by atoms with Crippen LogP contribution in [0.2, 0.25) is 0 Å². The van der Waals surface area contributed by atoms with Crippen LogP contribution < -0.4 is 14.8 Å². The fourth-order valence-electron chi connectivity index (χ4n) is 2.89. The monoisotopic (exact) mass is 398 g/mol. The summed E-state index contributed by atoms with van der Waals surface area (Å²) in [5.74, 6) is -1.75. The van der Waals surface area contributed by atoms with E-state index < -0.39 is 30.3 Å². The summed E-state index contributed by atoms with van der Waals surface area (Å²) in [7, 11) is 4.18. The number of ether oxygens (including phenoxy) is 3. The first-order valence-corrected chi connectivity index (χ1v) is 8.51. The van der Waals surface area contributed by atoms with Crippen LogP contribution in [-0.4, -0.2) is 56.5 Å². The van der Waals surface area contributed by atoms with Gasteiger partial charge in [0.2, 0.25) is 0 Å². The number of methoxy groups -OCH3 is 2. The number of benzene rings is 2. The molecule has 1 heterocycles. The first-order valence-electron chi connectivity index (χ1n) is 8.51. The Balaban J connectivity index is 1.67. The van der Waals surface area contributed by atoms with Gasteiger partial charge in [-0.15, -0.1) is 0 Å². The number of amides is 3. The van der Waals surface area contributed by atoms with E-state index in [4.69, 9.17) is 14.2 Å². The topological polar surface area (TPSA) is 111 Å². The molecule has 2 aromatic carbocycles. The summed E-state index contributed by atoms with van der Waals surface area (Å²) in [5, 5.41) is 2.53. The minimum atomic E-state index is -0.786. The quantitative estimate of drug-likeness (QED) is 0.583. The number of esters is 1. The van der Waals surface area contributed by atoms with Crippen LogP contribution in [0.3, 0.4) is 0 Å². The Morgan fingerprint density at radius 3 is 2.21 bits per heavy atom. The summed E-state index contributed by atoms with van der Waals surface area (Å²) in [6.45, 7) is -0.566. The summed E-state index contributed by atoms with van der Waals surface area (Å²) in [6, 6.07) is 9.14. The van der Waals surface area contributed by atoms with E-state index in [1.165, 1.54) is 39.5 Å². The predicted molar refractivity (Wildman–Crippen MR) is 101 cm³/mol. The minimum absolute atomic E-state index is 0.0648. The molecule has 29 heavy (non-hydrogen) atoms. The Labute approximate surface area is 166 Å². The molecule has 0 unspecified atom stereocenters. The molecule has 150 valence electrons. The number of nitrogens with zero attached hydrogens (tertiary/aromatic N) is 1. The van der Waals surface area contributed by atoms with Crippen LogP contribution in [0, 0.1) is 0 Å². The molecule has 3 amide bonds. The van der Waals surface area contributed by atoms with Crippen molar-refractivity contribution in [2.45, 2.75) is 0 Å². The van der Waals surface area contributed by atoms with Crippen LogP contribution in [0.1, 0.15) is 31.1 Å². The van der Waals surface area contributed by atoms with E-state index in [0.29, 0.717) is 5.69 Å². The van der Waals surface area contributed by atoms with Gasteiger partial charge in [0, 0.05) is 12.7 Å².